The van der Waals surface area contributed by atoms with Gasteiger partial charge in [0.15, 0.2) is 0 Å². The fraction of sp³-hybridized carbons (Fsp3) is 0.0769. The molecule has 0 unspecified atom stereocenters. The highest BCUT2D eigenvalue weighted by atomic mass is 35.5. The number of hydrogen-bond donors (Lipinski definition) is 0. The second kappa shape index (κ2) is 4.03. The van der Waals surface area contributed by atoms with Crippen molar-refractivity contribution in [2.24, 2.45) is 0 Å². The van der Waals surface area contributed by atoms with Crippen molar-refractivity contribution in [3.05, 3.63) is 58.9 Å². The van der Waals surface area contributed by atoms with E-state index >= 15 is 0 Å². The number of halogens is 2. The van der Waals surface area contributed by atoms with Crippen molar-refractivity contribution in [2.75, 3.05) is 0 Å². The predicted molar refractivity (Wildman–Crippen MR) is 61.6 cm³/mol. The van der Waals surface area contributed by atoms with E-state index in [1.807, 2.05) is 31.2 Å². The minimum atomic E-state index is -0.358. The Morgan fingerprint density at radius 1 is 1.00 bits per heavy atom. The first kappa shape index (κ1) is 10.2. The first-order chi connectivity index (χ1) is 7.18. The van der Waals surface area contributed by atoms with Gasteiger partial charge in [-0.2, -0.15) is 0 Å². The largest absolute Gasteiger partial charge is 0.205 e. The highest BCUT2D eigenvalue weighted by Gasteiger charge is 2.07. The van der Waals surface area contributed by atoms with Gasteiger partial charge >= 0.3 is 0 Å². The number of rotatable bonds is 1. The molecule has 2 heteroatoms. The van der Waals surface area contributed by atoms with Gasteiger partial charge in [-0.25, -0.2) is 4.39 Å². The van der Waals surface area contributed by atoms with Crippen LogP contribution in [0, 0.1) is 12.7 Å². The zero-order chi connectivity index (χ0) is 10.8. The quantitative estimate of drug-likeness (QED) is 0.666. The third-order valence-corrected chi connectivity index (χ3v) is 2.61. The van der Waals surface area contributed by atoms with E-state index in [1.54, 1.807) is 18.2 Å². The monoisotopic (exact) mass is 220 g/mol. The van der Waals surface area contributed by atoms with Gasteiger partial charge in [0.1, 0.15) is 5.82 Å². The molecule has 0 fully saturated rings. The molecule has 0 heterocycles. The summed E-state index contributed by atoms with van der Waals surface area (Å²) in [4.78, 5) is 0. The van der Waals surface area contributed by atoms with Gasteiger partial charge in [-0.3, -0.25) is 0 Å². The maximum atomic E-state index is 13.7. The highest BCUT2D eigenvalue weighted by Crippen LogP contribution is 2.27. The standard InChI is InChI=1S/C13H10ClF/c1-9-5-7-10(8-6-9)11-3-2-4-12(14)13(11)15/h2-8H,1H3. The van der Waals surface area contributed by atoms with E-state index in [0.29, 0.717) is 5.56 Å². The molecule has 76 valence electrons. The van der Waals surface area contributed by atoms with E-state index in [9.17, 15) is 4.39 Å². The van der Waals surface area contributed by atoms with Gasteiger partial charge in [-0.05, 0) is 18.6 Å². The Labute approximate surface area is 93.3 Å². The first-order valence-corrected chi connectivity index (χ1v) is 5.07. The molecule has 0 bridgehead atoms. The van der Waals surface area contributed by atoms with Crippen LogP contribution in [0.3, 0.4) is 0 Å². The molecule has 0 nitrogen and oxygen atoms in total. The number of benzene rings is 2. The fourth-order valence-electron chi connectivity index (χ4n) is 1.46. The van der Waals surface area contributed by atoms with Crippen molar-refractivity contribution in [3.63, 3.8) is 0 Å². The second-order valence-electron chi connectivity index (χ2n) is 3.47. The lowest BCUT2D eigenvalue weighted by Gasteiger charge is -2.04. The molecule has 2 rings (SSSR count). The van der Waals surface area contributed by atoms with E-state index in [1.165, 1.54) is 0 Å². The van der Waals surface area contributed by atoms with Crippen LogP contribution in [0.15, 0.2) is 42.5 Å². The average Bonchev–Trinajstić information content (AvgIpc) is 2.24. The summed E-state index contributed by atoms with van der Waals surface area (Å²) in [6.07, 6.45) is 0. The lowest BCUT2D eigenvalue weighted by atomic mass is 10.0. The molecule has 2 aromatic carbocycles. The van der Waals surface area contributed by atoms with Crippen molar-refractivity contribution < 1.29 is 4.39 Å². The minimum Gasteiger partial charge on any atom is -0.205 e. The fourth-order valence-corrected chi connectivity index (χ4v) is 1.63. The normalized spacial score (nSPS) is 10.3. The summed E-state index contributed by atoms with van der Waals surface area (Å²) in [6, 6.07) is 12.7. The SMILES string of the molecule is Cc1ccc(-c2cccc(Cl)c2F)cc1. The summed E-state index contributed by atoms with van der Waals surface area (Å²) in [5.74, 6) is -0.358. The number of hydrogen-bond acceptors (Lipinski definition) is 0. The van der Waals surface area contributed by atoms with Crippen LogP contribution in [-0.4, -0.2) is 0 Å². The van der Waals surface area contributed by atoms with Gasteiger partial charge in [0.25, 0.3) is 0 Å². The molecule has 0 atom stereocenters. The lowest BCUT2D eigenvalue weighted by molar-refractivity contribution is 0.632. The summed E-state index contributed by atoms with van der Waals surface area (Å²) < 4.78 is 13.7. The van der Waals surface area contributed by atoms with E-state index < -0.39 is 0 Å². The van der Waals surface area contributed by atoms with Gasteiger partial charge < -0.3 is 0 Å². The maximum Gasteiger partial charge on any atom is 0.149 e. The molecule has 0 aliphatic heterocycles. The van der Waals surface area contributed by atoms with Gasteiger partial charge in [-0.15, -0.1) is 0 Å². The molecule has 0 aliphatic carbocycles. The molecular formula is C13H10ClF. The molecular weight excluding hydrogens is 211 g/mol. The highest BCUT2D eigenvalue weighted by molar-refractivity contribution is 6.31. The van der Waals surface area contributed by atoms with E-state index in [0.717, 1.165) is 11.1 Å². The summed E-state index contributed by atoms with van der Waals surface area (Å²) in [5.41, 5.74) is 2.55. The van der Waals surface area contributed by atoms with Crippen molar-refractivity contribution in [2.45, 2.75) is 6.92 Å². The zero-order valence-corrected chi connectivity index (χ0v) is 9.05. The van der Waals surface area contributed by atoms with Crippen LogP contribution in [-0.2, 0) is 0 Å². The van der Waals surface area contributed by atoms with Crippen LogP contribution >= 0.6 is 11.6 Å². The Morgan fingerprint density at radius 2 is 1.67 bits per heavy atom. The van der Waals surface area contributed by atoms with Crippen LogP contribution in [0.1, 0.15) is 5.56 Å². The molecule has 0 radical (unpaired) electrons. The summed E-state index contributed by atoms with van der Waals surface area (Å²) in [6.45, 7) is 2.00. The van der Waals surface area contributed by atoms with E-state index in [4.69, 9.17) is 11.6 Å². The summed E-state index contributed by atoms with van der Waals surface area (Å²) in [7, 11) is 0. The van der Waals surface area contributed by atoms with Gasteiger partial charge in [0.2, 0.25) is 0 Å². The third kappa shape index (κ3) is 2.02. The Balaban J connectivity index is 2.54. The molecule has 0 aliphatic rings. The zero-order valence-electron chi connectivity index (χ0n) is 8.30. The van der Waals surface area contributed by atoms with Crippen molar-refractivity contribution in [3.8, 4) is 11.1 Å². The molecule has 0 saturated heterocycles. The summed E-state index contributed by atoms with van der Waals surface area (Å²) in [5, 5.41) is 0.160. The van der Waals surface area contributed by atoms with Gasteiger partial charge in [0.05, 0.1) is 5.02 Å². The Hall–Kier alpha value is -1.34. The molecule has 2 aromatic rings. The predicted octanol–water partition coefficient (Wildman–Crippen LogP) is 4.45. The van der Waals surface area contributed by atoms with Crippen molar-refractivity contribution in [1.29, 1.82) is 0 Å². The molecule has 0 spiro atoms. The van der Waals surface area contributed by atoms with Crippen LogP contribution in [0.4, 0.5) is 4.39 Å². The molecule has 15 heavy (non-hydrogen) atoms. The Morgan fingerprint density at radius 3 is 2.33 bits per heavy atom. The van der Waals surface area contributed by atoms with Gasteiger partial charge in [0, 0.05) is 5.56 Å². The minimum absolute atomic E-state index is 0.160. The smallest absolute Gasteiger partial charge is 0.149 e. The van der Waals surface area contributed by atoms with Crippen molar-refractivity contribution in [1.82, 2.24) is 0 Å². The van der Waals surface area contributed by atoms with Crippen LogP contribution in [0.2, 0.25) is 5.02 Å². The topological polar surface area (TPSA) is 0 Å². The van der Waals surface area contributed by atoms with E-state index in [-0.39, 0.29) is 10.8 Å². The molecule has 0 N–H and O–H groups in total. The third-order valence-electron chi connectivity index (χ3n) is 2.31. The molecule has 0 aromatic heterocycles. The van der Waals surface area contributed by atoms with Crippen LogP contribution < -0.4 is 0 Å². The summed E-state index contributed by atoms with van der Waals surface area (Å²) >= 11 is 5.72. The molecule has 0 amide bonds. The van der Waals surface area contributed by atoms with Gasteiger partial charge in [-0.1, -0.05) is 53.6 Å². The lowest BCUT2D eigenvalue weighted by Crippen LogP contribution is -1.85. The Kier molecular flexibility index (Phi) is 2.74. The Bertz CT molecular complexity index is 474. The van der Waals surface area contributed by atoms with Crippen molar-refractivity contribution >= 4 is 11.6 Å². The first-order valence-electron chi connectivity index (χ1n) is 4.69. The van der Waals surface area contributed by atoms with E-state index in [2.05, 4.69) is 0 Å². The second-order valence-corrected chi connectivity index (χ2v) is 3.87. The molecule has 0 saturated carbocycles. The average molecular weight is 221 g/mol. The number of aryl methyl sites for hydroxylation is 1. The maximum absolute atomic E-state index is 13.7. The van der Waals surface area contributed by atoms with Crippen LogP contribution in [0.25, 0.3) is 11.1 Å². The van der Waals surface area contributed by atoms with Crippen LogP contribution in [0.5, 0.6) is 0 Å².